The van der Waals surface area contributed by atoms with Gasteiger partial charge in [0, 0.05) is 18.8 Å². The van der Waals surface area contributed by atoms with Gasteiger partial charge >= 0.3 is 0 Å². The minimum atomic E-state index is 0.654. The van der Waals surface area contributed by atoms with Crippen LogP contribution in [0.5, 0.6) is 0 Å². The molecule has 0 unspecified atom stereocenters. The summed E-state index contributed by atoms with van der Waals surface area (Å²) in [5.41, 5.74) is 9.93. The topological polar surface area (TPSA) is 85.2 Å². The number of anilines is 2. The van der Waals surface area contributed by atoms with Crippen molar-refractivity contribution in [2.24, 2.45) is 0 Å². The predicted octanol–water partition coefficient (Wildman–Crippen LogP) is 0.664. The number of tetrazole rings is 1. The number of benzene rings is 1. The molecule has 4 rings (SSSR count). The van der Waals surface area contributed by atoms with Crippen molar-refractivity contribution in [2.75, 3.05) is 17.2 Å². The number of fused-ring (bicyclic) bond motifs is 2. The van der Waals surface area contributed by atoms with E-state index in [2.05, 4.69) is 31.5 Å². The second kappa shape index (κ2) is 4.16. The van der Waals surface area contributed by atoms with Crippen molar-refractivity contribution in [3.63, 3.8) is 0 Å². The molecule has 1 aliphatic heterocycles. The Morgan fingerprint density at radius 2 is 2.10 bits per heavy atom. The monoisotopic (exact) mass is 267 g/mol. The zero-order valence-corrected chi connectivity index (χ0v) is 10.8. The first kappa shape index (κ1) is 11.2. The van der Waals surface area contributed by atoms with Gasteiger partial charge in [-0.3, -0.25) is 4.98 Å². The molecule has 7 heteroatoms. The summed E-state index contributed by atoms with van der Waals surface area (Å²) in [6.45, 7) is 1.71. The van der Waals surface area contributed by atoms with Gasteiger partial charge in [-0.05, 0) is 40.1 Å². The maximum Gasteiger partial charge on any atom is 0.199 e. The normalized spacial score (nSPS) is 14.5. The molecule has 2 N–H and O–H groups in total. The van der Waals surface area contributed by atoms with E-state index >= 15 is 0 Å². The van der Waals surface area contributed by atoms with Crippen molar-refractivity contribution in [3.05, 3.63) is 41.7 Å². The van der Waals surface area contributed by atoms with Crippen LogP contribution in [-0.2, 0) is 13.0 Å². The lowest BCUT2D eigenvalue weighted by Gasteiger charge is -2.30. The third-order valence-corrected chi connectivity index (χ3v) is 3.66. The molecule has 3 heterocycles. The summed E-state index contributed by atoms with van der Waals surface area (Å²) in [5, 5.41) is 11.6. The number of nitrogens with two attached hydrogens (primary N) is 1. The Bertz CT molecular complexity index is 779. The van der Waals surface area contributed by atoms with Crippen LogP contribution < -0.4 is 10.6 Å². The van der Waals surface area contributed by atoms with Crippen LogP contribution >= 0.6 is 0 Å². The highest BCUT2D eigenvalue weighted by molar-refractivity contribution is 5.51. The molecule has 2 aromatic heterocycles. The Kier molecular flexibility index (Phi) is 2.32. The van der Waals surface area contributed by atoms with Gasteiger partial charge in [-0.15, -0.1) is 5.10 Å². The van der Waals surface area contributed by atoms with Crippen molar-refractivity contribution in [1.82, 2.24) is 25.0 Å². The minimum absolute atomic E-state index is 0.654. The third kappa shape index (κ3) is 1.67. The quantitative estimate of drug-likeness (QED) is 0.652. The van der Waals surface area contributed by atoms with Gasteiger partial charge in [-0.2, -0.15) is 4.52 Å². The fourth-order valence-electron chi connectivity index (χ4n) is 2.65. The second-order valence-corrected chi connectivity index (χ2v) is 4.91. The standard InChI is InChI=1S/C13H13N7/c14-11-2-1-9-3-4-19(8-10(9)5-11)13-7-15-6-12-16-17-18-20(12)13/h1-2,5-7H,3-4,8,14H2. The van der Waals surface area contributed by atoms with E-state index in [-0.39, 0.29) is 0 Å². The maximum absolute atomic E-state index is 5.87. The molecule has 20 heavy (non-hydrogen) atoms. The SMILES string of the molecule is Nc1ccc2c(c1)CN(c1cncc3nnnn13)CC2. The molecule has 0 radical (unpaired) electrons. The fraction of sp³-hybridized carbons (Fsp3) is 0.231. The first-order valence-electron chi connectivity index (χ1n) is 6.45. The molecular formula is C13H13N7. The average molecular weight is 267 g/mol. The predicted molar refractivity (Wildman–Crippen MR) is 74.2 cm³/mol. The molecule has 7 nitrogen and oxygen atoms in total. The number of hydrogen-bond donors (Lipinski definition) is 1. The molecule has 0 aliphatic carbocycles. The van der Waals surface area contributed by atoms with E-state index in [9.17, 15) is 0 Å². The van der Waals surface area contributed by atoms with Crippen LogP contribution in [0.2, 0.25) is 0 Å². The zero-order valence-electron chi connectivity index (χ0n) is 10.8. The summed E-state index contributed by atoms with van der Waals surface area (Å²) in [5.74, 6) is 0.903. The molecule has 100 valence electrons. The molecule has 0 spiro atoms. The van der Waals surface area contributed by atoms with E-state index in [1.165, 1.54) is 11.1 Å². The fourth-order valence-corrected chi connectivity index (χ4v) is 2.65. The highest BCUT2D eigenvalue weighted by atomic mass is 15.5. The van der Waals surface area contributed by atoms with Crippen molar-refractivity contribution < 1.29 is 0 Å². The average Bonchev–Trinajstić information content (AvgIpc) is 2.94. The van der Waals surface area contributed by atoms with Crippen LogP contribution in [-0.4, -0.2) is 31.6 Å². The van der Waals surface area contributed by atoms with Gasteiger partial charge in [-0.1, -0.05) is 6.07 Å². The Labute approximate surface area is 115 Å². The molecule has 1 aliphatic rings. The summed E-state index contributed by atoms with van der Waals surface area (Å²) in [4.78, 5) is 6.42. The van der Waals surface area contributed by atoms with Gasteiger partial charge in [0.1, 0.15) is 0 Å². The van der Waals surface area contributed by atoms with Crippen LogP contribution in [0.15, 0.2) is 30.6 Å². The summed E-state index contributed by atoms with van der Waals surface area (Å²) in [7, 11) is 0. The molecular weight excluding hydrogens is 254 g/mol. The maximum atomic E-state index is 5.87. The lowest BCUT2D eigenvalue weighted by atomic mass is 9.99. The lowest BCUT2D eigenvalue weighted by molar-refractivity contribution is 0.693. The first-order valence-corrected chi connectivity index (χ1v) is 6.45. The van der Waals surface area contributed by atoms with Gasteiger partial charge < -0.3 is 10.6 Å². The third-order valence-electron chi connectivity index (χ3n) is 3.66. The van der Waals surface area contributed by atoms with E-state index in [1.807, 2.05) is 12.1 Å². The van der Waals surface area contributed by atoms with Gasteiger partial charge in [0.2, 0.25) is 0 Å². The van der Waals surface area contributed by atoms with Crippen molar-refractivity contribution in [2.45, 2.75) is 13.0 Å². The van der Waals surface area contributed by atoms with Gasteiger partial charge in [0.05, 0.1) is 12.4 Å². The largest absolute Gasteiger partial charge is 0.399 e. The summed E-state index contributed by atoms with van der Waals surface area (Å²) >= 11 is 0. The van der Waals surface area contributed by atoms with Crippen LogP contribution in [0.25, 0.3) is 5.65 Å². The van der Waals surface area contributed by atoms with Crippen LogP contribution in [0.1, 0.15) is 11.1 Å². The van der Waals surface area contributed by atoms with Crippen LogP contribution in [0.3, 0.4) is 0 Å². The number of rotatable bonds is 1. The Morgan fingerprint density at radius 1 is 1.15 bits per heavy atom. The smallest absolute Gasteiger partial charge is 0.199 e. The molecule has 1 aromatic carbocycles. The van der Waals surface area contributed by atoms with E-state index in [4.69, 9.17) is 5.73 Å². The van der Waals surface area contributed by atoms with E-state index in [1.54, 1.807) is 16.9 Å². The molecule has 0 fully saturated rings. The number of hydrogen-bond acceptors (Lipinski definition) is 6. The summed E-state index contributed by atoms with van der Waals surface area (Å²) in [6.07, 6.45) is 4.42. The number of nitrogen functional groups attached to an aromatic ring is 1. The molecule has 3 aromatic rings. The van der Waals surface area contributed by atoms with Crippen molar-refractivity contribution in [1.29, 1.82) is 0 Å². The second-order valence-electron chi connectivity index (χ2n) is 4.91. The van der Waals surface area contributed by atoms with Gasteiger partial charge in [0.15, 0.2) is 11.5 Å². The molecule has 0 bridgehead atoms. The Hall–Kier alpha value is -2.70. The molecule has 0 amide bonds. The zero-order chi connectivity index (χ0) is 13.5. The Balaban J connectivity index is 1.76. The summed E-state index contributed by atoms with van der Waals surface area (Å²) in [6, 6.07) is 6.10. The van der Waals surface area contributed by atoms with E-state index in [0.717, 1.165) is 31.0 Å². The van der Waals surface area contributed by atoms with Gasteiger partial charge in [-0.25, -0.2) is 0 Å². The first-order chi connectivity index (χ1) is 9.81. The lowest BCUT2D eigenvalue weighted by Crippen LogP contribution is -2.32. The van der Waals surface area contributed by atoms with Crippen LogP contribution in [0, 0.1) is 0 Å². The molecule has 0 saturated carbocycles. The van der Waals surface area contributed by atoms with E-state index < -0.39 is 0 Å². The number of nitrogens with zero attached hydrogens (tertiary/aromatic N) is 6. The minimum Gasteiger partial charge on any atom is -0.399 e. The molecule has 0 atom stereocenters. The van der Waals surface area contributed by atoms with Crippen LogP contribution in [0.4, 0.5) is 11.5 Å². The van der Waals surface area contributed by atoms with Crippen molar-refractivity contribution in [3.8, 4) is 0 Å². The summed E-state index contributed by atoms with van der Waals surface area (Å²) < 4.78 is 1.71. The molecule has 0 saturated heterocycles. The highest BCUT2D eigenvalue weighted by Crippen LogP contribution is 2.25. The van der Waals surface area contributed by atoms with Crippen molar-refractivity contribution >= 4 is 17.2 Å². The highest BCUT2D eigenvalue weighted by Gasteiger charge is 2.19. The van der Waals surface area contributed by atoms with E-state index in [0.29, 0.717) is 5.65 Å². The number of aromatic nitrogens is 5. The Morgan fingerprint density at radius 3 is 3.05 bits per heavy atom. The van der Waals surface area contributed by atoms with Gasteiger partial charge in [0.25, 0.3) is 0 Å².